The third-order valence-corrected chi connectivity index (χ3v) is 3.86. The Kier molecular flexibility index (Phi) is 3.99. The molecule has 4 nitrogen and oxygen atoms in total. The molecule has 8 heteroatoms. The van der Waals surface area contributed by atoms with Crippen LogP contribution >= 0.6 is 11.3 Å². The van der Waals surface area contributed by atoms with Crippen molar-refractivity contribution in [3.63, 3.8) is 0 Å². The number of hydrogen-bond acceptors (Lipinski definition) is 4. The number of pyridine rings is 1. The molecule has 1 amide bonds. The highest BCUT2D eigenvalue weighted by atomic mass is 32.1. The average molecular weight is 315 g/mol. The van der Waals surface area contributed by atoms with Crippen LogP contribution in [0.2, 0.25) is 0 Å². The largest absolute Gasteiger partial charge is 0.402 e. The van der Waals surface area contributed by atoms with Crippen LogP contribution in [0, 0.1) is 5.41 Å². The van der Waals surface area contributed by atoms with E-state index in [1.54, 1.807) is 24.4 Å². The lowest BCUT2D eigenvalue weighted by Gasteiger charge is -2.25. The van der Waals surface area contributed by atoms with Gasteiger partial charge in [0.15, 0.2) is 5.13 Å². The molecule has 2 rings (SSSR count). The van der Waals surface area contributed by atoms with Crippen LogP contribution in [-0.2, 0) is 4.79 Å². The molecule has 0 aliphatic heterocycles. The van der Waals surface area contributed by atoms with Gasteiger partial charge in [-0.1, -0.05) is 17.4 Å². The fourth-order valence-electron chi connectivity index (χ4n) is 1.34. The standard InChI is InChI=1S/C13H12F3N3OS/c1-12(2,13(14,15)16)10(20)19-11-18-7-9(21-11)8-5-3-4-6-17-8/h3-7H,1-2H3,(H,18,19,20). The van der Waals surface area contributed by atoms with Crippen molar-refractivity contribution in [2.45, 2.75) is 20.0 Å². The molecule has 0 saturated carbocycles. The highest BCUT2D eigenvalue weighted by Gasteiger charge is 2.53. The quantitative estimate of drug-likeness (QED) is 0.939. The second kappa shape index (κ2) is 5.44. The number of carbonyl (C=O) groups is 1. The number of halogens is 3. The third kappa shape index (κ3) is 3.21. The summed E-state index contributed by atoms with van der Waals surface area (Å²) < 4.78 is 38.3. The van der Waals surface area contributed by atoms with Gasteiger partial charge in [-0.3, -0.25) is 9.78 Å². The van der Waals surface area contributed by atoms with Crippen molar-refractivity contribution in [1.29, 1.82) is 0 Å². The Hall–Kier alpha value is -1.96. The Morgan fingerprint density at radius 1 is 1.24 bits per heavy atom. The van der Waals surface area contributed by atoms with Gasteiger partial charge in [0.1, 0.15) is 5.41 Å². The minimum absolute atomic E-state index is 0.109. The molecule has 0 aromatic carbocycles. The Balaban J connectivity index is 2.15. The summed E-state index contributed by atoms with van der Waals surface area (Å²) in [5.41, 5.74) is -1.84. The van der Waals surface area contributed by atoms with Gasteiger partial charge in [0.25, 0.3) is 0 Å². The molecule has 21 heavy (non-hydrogen) atoms. The van der Waals surface area contributed by atoms with Gasteiger partial charge in [-0.15, -0.1) is 0 Å². The first kappa shape index (κ1) is 15.4. The lowest BCUT2D eigenvalue weighted by atomic mass is 9.92. The monoisotopic (exact) mass is 315 g/mol. The molecule has 0 radical (unpaired) electrons. The maximum atomic E-state index is 12.8. The normalized spacial score (nSPS) is 12.2. The van der Waals surface area contributed by atoms with E-state index in [1.165, 1.54) is 6.20 Å². The molecule has 2 heterocycles. The number of nitrogens with zero attached hydrogens (tertiary/aromatic N) is 2. The van der Waals surface area contributed by atoms with Gasteiger partial charge >= 0.3 is 6.18 Å². The topological polar surface area (TPSA) is 54.9 Å². The number of amides is 1. The average Bonchev–Trinajstić information content (AvgIpc) is 2.87. The van der Waals surface area contributed by atoms with Gasteiger partial charge in [-0.05, 0) is 26.0 Å². The van der Waals surface area contributed by atoms with Crippen LogP contribution in [0.15, 0.2) is 30.6 Å². The number of carbonyl (C=O) groups excluding carboxylic acids is 1. The van der Waals surface area contributed by atoms with Crippen LogP contribution in [0.1, 0.15) is 13.8 Å². The Morgan fingerprint density at radius 3 is 2.52 bits per heavy atom. The molecule has 0 aliphatic rings. The fraction of sp³-hybridized carbons (Fsp3) is 0.308. The van der Waals surface area contributed by atoms with E-state index in [4.69, 9.17) is 0 Å². The molecule has 2 aromatic rings. The van der Waals surface area contributed by atoms with E-state index >= 15 is 0 Å². The lowest BCUT2D eigenvalue weighted by molar-refractivity contribution is -0.208. The number of rotatable bonds is 3. The minimum atomic E-state index is -4.63. The molecule has 2 aromatic heterocycles. The summed E-state index contributed by atoms with van der Waals surface area (Å²) in [4.78, 5) is 20.4. The molecule has 0 atom stereocenters. The second-order valence-electron chi connectivity index (χ2n) is 4.82. The highest BCUT2D eigenvalue weighted by Crippen LogP contribution is 2.39. The van der Waals surface area contributed by atoms with E-state index in [2.05, 4.69) is 15.3 Å². The zero-order valence-corrected chi connectivity index (χ0v) is 12.0. The van der Waals surface area contributed by atoms with Crippen LogP contribution in [-0.4, -0.2) is 22.1 Å². The van der Waals surface area contributed by atoms with Crippen LogP contribution in [0.25, 0.3) is 10.6 Å². The van der Waals surface area contributed by atoms with Crippen molar-refractivity contribution in [1.82, 2.24) is 9.97 Å². The van der Waals surface area contributed by atoms with Crippen molar-refractivity contribution in [2.75, 3.05) is 5.32 Å². The van der Waals surface area contributed by atoms with Crippen LogP contribution in [0.3, 0.4) is 0 Å². The van der Waals surface area contributed by atoms with Crippen LogP contribution in [0.5, 0.6) is 0 Å². The summed E-state index contributed by atoms with van der Waals surface area (Å²) in [6.07, 6.45) is -1.57. The lowest BCUT2D eigenvalue weighted by Crippen LogP contribution is -2.43. The van der Waals surface area contributed by atoms with Gasteiger partial charge in [-0.25, -0.2) is 4.98 Å². The Labute approximate surface area is 123 Å². The van der Waals surface area contributed by atoms with E-state index in [0.29, 0.717) is 10.6 Å². The van der Waals surface area contributed by atoms with Crippen molar-refractivity contribution in [2.24, 2.45) is 5.41 Å². The van der Waals surface area contributed by atoms with Gasteiger partial charge in [0.05, 0.1) is 10.6 Å². The maximum absolute atomic E-state index is 12.8. The number of nitrogens with one attached hydrogen (secondary N) is 1. The summed E-state index contributed by atoms with van der Waals surface area (Å²) in [7, 11) is 0. The number of aromatic nitrogens is 2. The smallest absolute Gasteiger partial charge is 0.301 e. The van der Waals surface area contributed by atoms with Crippen molar-refractivity contribution in [3.8, 4) is 10.6 Å². The number of thiazole rings is 1. The maximum Gasteiger partial charge on any atom is 0.402 e. The molecule has 0 spiro atoms. The third-order valence-electron chi connectivity index (χ3n) is 2.92. The highest BCUT2D eigenvalue weighted by molar-refractivity contribution is 7.19. The molecule has 0 fully saturated rings. The van der Waals surface area contributed by atoms with Gasteiger partial charge < -0.3 is 5.32 Å². The minimum Gasteiger partial charge on any atom is -0.301 e. The van der Waals surface area contributed by atoms with Gasteiger partial charge in [0, 0.05) is 12.4 Å². The number of hydrogen-bond donors (Lipinski definition) is 1. The first-order chi connectivity index (χ1) is 9.72. The van der Waals surface area contributed by atoms with Crippen LogP contribution < -0.4 is 5.32 Å². The molecule has 0 saturated heterocycles. The van der Waals surface area contributed by atoms with Gasteiger partial charge in [0.2, 0.25) is 5.91 Å². The van der Waals surface area contributed by atoms with Crippen molar-refractivity contribution < 1.29 is 18.0 Å². The Morgan fingerprint density at radius 2 is 1.95 bits per heavy atom. The van der Waals surface area contributed by atoms with E-state index in [9.17, 15) is 18.0 Å². The zero-order valence-electron chi connectivity index (χ0n) is 11.2. The fourth-order valence-corrected chi connectivity index (χ4v) is 2.13. The summed E-state index contributed by atoms with van der Waals surface area (Å²) >= 11 is 1.07. The number of anilines is 1. The molecular weight excluding hydrogens is 303 g/mol. The zero-order chi connectivity index (χ0) is 15.7. The number of alkyl halides is 3. The summed E-state index contributed by atoms with van der Waals surface area (Å²) in [6.45, 7) is 1.66. The molecule has 0 unspecified atom stereocenters. The molecule has 0 aliphatic carbocycles. The molecule has 1 N–H and O–H groups in total. The predicted molar refractivity (Wildman–Crippen MR) is 73.8 cm³/mol. The predicted octanol–water partition coefficient (Wildman–Crippen LogP) is 3.73. The van der Waals surface area contributed by atoms with E-state index in [-0.39, 0.29) is 5.13 Å². The van der Waals surface area contributed by atoms with E-state index in [1.807, 2.05) is 0 Å². The molecule has 0 bridgehead atoms. The van der Waals surface area contributed by atoms with Crippen molar-refractivity contribution in [3.05, 3.63) is 30.6 Å². The molecule has 112 valence electrons. The summed E-state index contributed by atoms with van der Waals surface area (Å²) in [5.74, 6) is -1.14. The SMILES string of the molecule is CC(C)(C(=O)Nc1ncc(-c2ccccn2)s1)C(F)(F)F. The Bertz CT molecular complexity index is 638. The summed E-state index contributed by atoms with van der Waals surface area (Å²) in [6, 6.07) is 5.28. The first-order valence-corrected chi connectivity index (χ1v) is 6.79. The van der Waals surface area contributed by atoms with E-state index in [0.717, 1.165) is 25.2 Å². The second-order valence-corrected chi connectivity index (χ2v) is 5.85. The van der Waals surface area contributed by atoms with Crippen molar-refractivity contribution >= 4 is 22.4 Å². The van der Waals surface area contributed by atoms with Crippen LogP contribution in [0.4, 0.5) is 18.3 Å². The first-order valence-electron chi connectivity index (χ1n) is 5.97. The van der Waals surface area contributed by atoms with E-state index < -0.39 is 17.5 Å². The molecular formula is C13H12F3N3OS. The summed E-state index contributed by atoms with van der Waals surface area (Å²) in [5, 5.41) is 2.31. The van der Waals surface area contributed by atoms with Gasteiger partial charge in [-0.2, -0.15) is 13.2 Å².